The van der Waals surface area contributed by atoms with Gasteiger partial charge in [-0.05, 0) is 89.9 Å². The average molecular weight is 1080 g/mol. The van der Waals surface area contributed by atoms with Crippen LogP contribution in [0.25, 0.3) is 0 Å². The second-order valence-electron chi connectivity index (χ2n) is 22.7. The van der Waals surface area contributed by atoms with Crippen LogP contribution in [0.4, 0.5) is 0 Å². The molecule has 0 aromatic carbocycles. The summed E-state index contributed by atoms with van der Waals surface area (Å²) in [6, 6.07) is 0. The van der Waals surface area contributed by atoms with E-state index in [-0.39, 0.29) is 38.6 Å². The number of hydrogen-bond acceptors (Lipinski definition) is 7. The van der Waals surface area contributed by atoms with E-state index >= 15 is 0 Å². The minimum Gasteiger partial charge on any atom is -0.477 e. The maximum absolute atomic E-state index is 12.9. The first-order valence-electron chi connectivity index (χ1n) is 32.1. The highest BCUT2D eigenvalue weighted by Crippen LogP contribution is 2.16. The maximum atomic E-state index is 12.9. The number of hydrogen-bond donors (Lipinski definition) is 1. The zero-order chi connectivity index (χ0) is 56.2. The first-order valence-corrected chi connectivity index (χ1v) is 32.1. The van der Waals surface area contributed by atoms with Gasteiger partial charge in [0.15, 0.2) is 6.10 Å². The molecule has 0 aromatic rings. The van der Waals surface area contributed by atoms with E-state index in [9.17, 15) is 19.5 Å². The molecule has 77 heavy (non-hydrogen) atoms. The highest BCUT2D eigenvalue weighted by Gasteiger charge is 2.25. The van der Waals surface area contributed by atoms with E-state index in [2.05, 4.69) is 86.8 Å². The van der Waals surface area contributed by atoms with Gasteiger partial charge in [-0.25, -0.2) is 4.79 Å². The second-order valence-corrected chi connectivity index (χ2v) is 22.7. The zero-order valence-electron chi connectivity index (χ0n) is 50.9. The quantitative estimate of drug-likeness (QED) is 0.0211. The SMILES string of the molecule is CCCCCCC/C=C\C/C=C\C/C=C\CCCCCCCCCCCCCCCCCCC(=O)OC(COC(=O)CCCCCCCC/C=C\C/C=C\C/C=C\CCCCCCC)COC(OCC[N+](C)(C)C)C(=O)O. The number of carbonyl (C=O) groups excluding carboxylic acids is 2. The van der Waals surface area contributed by atoms with Crippen molar-refractivity contribution < 1.29 is 42.9 Å². The smallest absolute Gasteiger partial charge is 0.361 e. The molecule has 0 heterocycles. The number of unbranched alkanes of at least 4 members (excludes halogenated alkanes) is 32. The third-order valence-electron chi connectivity index (χ3n) is 13.9. The van der Waals surface area contributed by atoms with Crippen molar-refractivity contribution in [1.29, 1.82) is 0 Å². The van der Waals surface area contributed by atoms with E-state index in [0.717, 1.165) is 77.0 Å². The lowest BCUT2D eigenvalue weighted by molar-refractivity contribution is -0.870. The first kappa shape index (κ1) is 73.7. The normalized spacial score (nSPS) is 13.2. The number of nitrogens with zero attached hydrogens (tertiary/aromatic N) is 1. The molecule has 0 bridgehead atoms. The molecule has 0 aliphatic carbocycles. The Kier molecular flexibility index (Phi) is 56.4. The van der Waals surface area contributed by atoms with E-state index in [1.165, 1.54) is 180 Å². The summed E-state index contributed by atoms with van der Waals surface area (Å²) in [6.07, 6.45) is 74.2. The molecule has 0 saturated carbocycles. The van der Waals surface area contributed by atoms with Crippen molar-refractivity contribution in [3.63, 3.8) is 0 Å². The number of carbonyl (C=O) groups is 3. The Morgan fingerprint density at radius 2 is 0.701 bits per heavy atom. The molecule has 446 valence electrons. The Morgan fingerprint density at radius 1 is 0.390 bits per heavy atom. The van der Waals surface area contributed by atoms with Gasteiger partial charge in [-0.3, -0.25) is 9.59 Å². The predicted molar refractivity (Wildman–Crippen MR) is 327 cm³/mol. The summed E-state index contributed by atoms with van der Waals surface area (Å²) in [7, 11) is 5.97. The van der Waals surface area contributed by atoms with E-state index in [1.807, 2.05) is 21.1 Å². The van der Waals surface area contributed by atoms with Crippen molar-refractivity contribution in [3.8, 4) is 0 Å². The third-order valence-corrected chi connectivity index (χ3v) is 13.9. The Morgan fingerprint density at radius 3 is 1.04 bits per heavy atom. The van der Waals surface area contributed by atoms with Crippen LogP contribution in [0, 0.1) is 0 Å². The summed E-state index contributed by atoms with van der Waals surface area (Å²) >= 11 is 0. The van der Waals surface area contributed by atoms with Crippen molar-refractivity contribution in [2.75, 3.05) is 47.5 Å². The molecule has 0 fully saturated rings. The molecule has 0 saturated heterocycles. The van der Waals surface area contributed by atoms with Gasteiger partial charge in [-0.1, -0.05) is 254 Å². The second kappa shape index (κ2) is 58.9. The van der Waals surface area contributed by atoms with Crippen molar-refractivity contribution >= 4 is 17.9 Å². The lowest BCUT2D eigenvalue weighted by atomic mass is 10.0. The van der Waals surface area contributed by atoms with Crippen LogP contribution in [0.15, 0.2) is 72.9 Å². The highest BCUT2D eigenvalue weighted by molar-refractivity contribution is 5.71. The fourth-order valence-electron chi connectivity index (χ4n) is 8.97. The summed E-state index contributed by atoms with van der Waals surface area (Å²) in [5, 5.41) is 9.72. The van der Waals surface area contributed by atoms with Crippen molar-refractivity contribution in [2.24, 2.45) is 0 Å². The number of likely N-dealkylation sites (N-methyl/N-ethyl adjacent to an activating group) is 1. The fraction of sp³-hybridized carbons (Fsp3) is 0.779. The number of allylic oxidation sites excluding steroid dienone is 12. The highest BCUT2D eigenvalue weighted by atomic mass is 16.7. The molecule has 9 nitrogen and oxygen atoms in total. The number of carboxylic acids is 1. The Balaban J connectivity index is 4.17. The largest absolute Gasteiger partial charge is 0.477 e. The zero-order valence-corrected chi connectivity index (χ0v) is 50.9. The standard InChI is InChI=1S/C68H121NO8/c1-6-8-10-12-14-16-18-20-22-24-26-28-29-30-31-32-33-34-35-36-37-39-41-43-45-47-49-51-53-55-57-59-66(71)77-64(63-76-68(67(72)73)74-61-60-69(3,4)5)62-75-65(70)58-56-54-52-50-48-46-44-42-40-38-27-25-23-21-19-17-15-13-11-9-7-2/h18-21,24-27,29-30,40,42,64,68H,6-17,22-23,28,31-39,41,43-63H2,1-5H3/p+1/b20-18-,21-19-,26-24-,27-25-,30-29-,42-40-. The van der Waals surface area contributed by atoms with Gasteiger partial charge in [0.1, 0.15) is 13.2 Å². The number of rotatable bonds is 59. The van der Waals surface area contributed by atoms with Crippen LogP contribution in [0.3, 0.4) is 0 Å². The first-order chi connectivity index (χ1) is 37.6. The van der Waals surface area contributed by atoms with Gasteiger partial charge in [0.25, 0.3) is 6.29 Å². The van der Waals surface area contributed by atoms with E-state index in [4.69, 9.17) is 18.9 Å². The summed E-state index contributed by atoms with van der Waals surface area (Å²) in [6.45, 7) is 4.86. The molecule has 9 heteroatoms. The molecule has 0 aromatic heterocycles. The van der Waals surface area contributed by atoms with Crippen LogP contribution in [0.1, 0.15) is 284 Å². The lowest BCUT2D eigenvalue weighted by Gasteiger charge is -2.25. The summed E-state index contributed by atoms with van der Waals surface area (Å²) in [4.78, 5) is 37.5. The molecule has 0 rings (SSSR count). The predicted octanol–water partition coefficient (Wildman–Crippen LogP) is 19.4. The average Bonchev–Trinajstić information content (AvgIpc) is 3.40. The van der Waals surface area contributed by atoms with Crippen molar-refractivity contribution in [1.82, 2.24) is 0 Å². The molecule has 0 spiro atoms. The Bertz CT molecular complexity index is 1490. The van der Waals surface area contributed by atoms with Gasteiger partial charge in [0.2, 0.25) is 0 Å². The van der Waals surface area contributed by atoms with Crippen LogP contribution in [0.2, 0.25) is 0 Å². The molecule has 0 radical (unpaired) electrons. The summed E-state index contributed by atoms with van der Waals surface area (Å²) in [5.41, 5.74) is 0. The molecule has 0 amide bonds. The summed E-state index contributed by atoms with van der Waals surface area (Å²) < 4.78 is 22.9. The molecule has 1 N–H and O–H groups in total. The van der Waals surface area contributed by atoms with E-state index < -0.39 is 24.3 Å². The minimum atomic E-state index is -1.52. The minimum absolute atomic E-state index is 0.184. The van der Waals surface area contributed by atoms with E-state index in [1.54, 1.807) is 0 Å². The van der Waals surface area contributed by atoms with Crippen LogP contribution >= 0.6 is 0 Å². The molecular weight excluding hydrogens is 959 g/mol. The van der Waals surface area contributed by atoms with Crippen LogP contribution < -0.4 is 0 Å². The maximum Gasteiger partial charge on any atom is 0.361 e. The topological polar surface area (TPSA) is 108 Å². The Hall–Kier alpha value is -3.27. The van der Waals surface area contributed by atoms with Crippen molar-refractivity contribution in [3.05, 3.63) is 72.9 Å². The van der Waals surface area contributed by atoms with Gasteiger partial charge in [-0.2, -0.15) is 0 Å². The van der Waals surface area contributed by atoms with E-state index in [0.29, 0.717) is 11.0 Å². The van der Waals surface area contributed by atoms with Crippen LogP contribution in [0.5, 0.6) is 0 Å². The van der Waals surface area contributed by atoms with Gasteiger partial charge >= 0.3 is 17.9 Å². The van der Waals surface area contributed by atoms with Crippen LogP contribution in [-0.4, -0.2) is 87.4 Å². The van der Waals surface area contributed by atoms with Gasteiger partial charge < -0.3 is 28.5 Å². The van der Waals surface area contributed by atoms with Gasteiger partial charge in [0.05, 0.1) is 34.4 Å². The molecular formula is C68H122NO8+. The third kappa shape index (κ3) is 60.2. The summed E-state index contributed by atoms with van der Waals surface area (Å²) in [5.74, 6) is -2.01. The van der Waals surface area contributed by atoms with Gasteiger partial charge in [0, 0.05) is 12.8 Å². The molecule has 0 aliphatic rings. The number of ether oxygens (including phenoxy) is 4. The Labute approximate surface area is 475 Å². The lowest BCUT2D eigenvalue weighted by Crippen LogP contribution is -2.40. The van der Waals surface area contributed by atoms with Gasteiger partial charge in [-0.15, -0.1) is 0 Å². The number of aliphatic carboxylic acids is 1. The monoisotopic (exact) mass is 1080 g/mol. The number of carboxylic acid groups (broad SMARTS) is 1. The molecule has 2 atom stereocenters. The fourth-order valence-corrected chi connectivity index (χ4v) is 8.97. The number of esters is 2. The molecule has 2 unspecified atom stereocenters. The van der Waals surface area contributed by atoms with Crippen molar-refractivity contribution in [2.45, 2.75) is 296 Å². The number of quaternary nitrogens is 1. The molecule has 0 aliphatic heterocycles. The van der Waals surface area contributed by atoms with Crippen LogP contribution in [-0.2, 0) is 33.3 Å².